The van der Waals surface area contributed by atoms with Crippen molar-refractivity contribution in [2.24, 2.45) is 0 Å². The number of hydrogen-bond donors (Lipinski definition) is 1. The Labute approximate surface area is 171 Å². The summed E-state index contributed by atoms with van der Waals surface area (Å²) in [6, 6.07) is 23.4. The van der Waals surface area contributed by atoms with Crippen molar-refractivity contribution in [1.82, 2.24) is 0 Å². The fourth-order valence-corrected chi connectivity index (χ4v) is 3.11. The first-order chi connectivity index (χ1) is 14.0. The highest BCUT2D eigenvalue weighted by Crippen LogP contribution is 2.26. The summed E-state index contributed by atoms with van der Waals surface area (Å²) in [6.45, 7) is 0.805. The predicted molar refractivity (Wildman–Crippen MR) is 117 cm³/mol. The number of phenolic OH excluding ortho intramolecular Hbond substituents is 1. The Bertz CT molecular complexity index is 996. The number of ether oxygens (including phenoxy) is 1. The Morgan fingerprint density at radius 2 is 1.76 bits per heavy atom. The Morgan fingerprint density at radius 1 is 1.00 bits per heavy atom. The van der Waals surface area contributed by atoms with Gasteiger partial charge in [0.25, 0.3) is 0 Å². The van der Waals surface area contributed by atoms with E-state index in [4.69, 9.17) is 4.74 Å². The minimum absolute atomic E-state index is 0.00294. The molecule has 4 nitrogen and oxygen atoms in total. The minimum Gasteiger partial charge on any atom is -0.504 e. The molecular formula is C25H25NO3. The van der Waals surface area contributed by atoms with Gasteiger partial charge in [0.2, 0.25) is 0 Å². The molecule has 0 fully saturated rings. The molecule has 0 saturated carbocycles. The van der Waals surface area contributed by atoms with Gasteiger partial charge in [-0.1, -0.05) is 54.6 Å². The molecule has 0 atom stereocenters. The summed E-state index contributed by atoms with van der Waals surface area (Å²) in [4.78, 5) is 14.5. The van der Waals surface area contributed by atoms with E-state index in [1.807, 2.05) is 49.5 Å². The average Bonchev–Trinajstić information content (AvgIpc) is 2.73. The SMILES string of the molecule is COc1ccc(/C=C/C(=O)Cc2cccc(N(C)Cc3ccccc3)c2)cc1O. The van der Waals surface area contributed by atoms with Crippen molar-refractivity contribution in [2.45, 2.75) is 13.0 Å². The van der Waals surface area contributed by atoms with E-state index >= 15 is 0 Å². The van der Waals surface area contributed by atoms with Crippen LogP contribution in [0.2, 0.25) is 0 Å². The van der Waals surface area contributed by atoms with Crippen molar-refractivity contribution in [3.8, 4) is 11.5 Å². The Hall–Kier alpha value is -3.53. The van der Waals surface area contributed by atoms with Gasteiger partial charge in [0.1, 0.15) is 0 Å². The van der Waals surface area contributed by atoms with Crippen molar-refractivity contribution in [3.63, 3.8) is 0 Å². The number of allylic oxidation sites excluding steroid dienone is 1. The zero-order chi connectivity index (χ0) is 20.6. The highest BCUT2D eigenvalue weighted by molar-refractivity contribution is 5.95. The van der Waals surface area contributed by atoms with E-state index in [-0.39, 0.29) is 11.5 Å². The second kappa shape index (κ2) is 9.60. The quantitative estimate of drug-likeness (QED) is 0.561. The van der Waals surface area contributed by atoms with Gasteiger partial charge < -0.3 is 14.7 Å². The van der Waals surface area contributed by atoms with Gasteiger partial charge >= 0.3 is 0 Å². The van der Waals surface area contributed by atoms with E-state index in [1.165, 1.54) is 12.7 Å². The smallest absolute Gasteiger partial charge is 0.160 e. The molecule has 0 saturated heterocycles. The molecule has 29 heavy (non-hydrogen) atoms. The lowest BCUT2D eigenvalue weighted by Crippen LogP contribution is -2.16. The number of carbonyl (C=O) groups excluding carboxylic acids is 1. The number of anilines is 1. The van der Waals surface area contributed by atoms with Gasteiger partial charge in [-0.15, -0.1) is 0 Å². The molecule has 0 bridgehead atoms. The van der Waals surface area contributed by atoms with Crippen LogP contribution >= 0.6 is 0 Å². The molecule has 0 amide bonds. The lowest BCUT2D eigenvalue weighted by Gasteiger charge is -2.20. The normalized spacial score (nSPS) is 10.8. The maximum Gasteiger partial charge on any atom is 0.160 e. The first-order valence-electron chi connectivity index (χ1n) is 9.47. The van der Waals surface area contributed by atoms with Crippen molar-refractivity contribution in [2.75, 3.05) is 19.1 Å². The molecule has 0 aliphatic carbocycles. The summed E-state index contributed by atoms with van der Waals surface area (Å²) in [7, 11) is 3.55. The Balaban J connectivity index is 1.63. The van der Waals surface area contributed by atoms with Crippen LogP contribution in [0.4, 0.5) is 5.69 Å². The van der Waals surface area contributed by atoms with Crippen LogP contribution in [0.25, 0.3) is 6.08 Å². The maximum absolute atomic E-state index is 12.4. The number of methoxy groups -OCH3 is 1. The highest BCUT2D eigenvalue weighted by atomic mass is 16.5. The topological polar surface area (TPSA) is 49.8 Å². The first kappa shape index (κ1) is 20.2. The summed E-state index contributed by atoms with van der Waals surface area (Å²) in [5, 5.41) is 9.83. The molecule has 3 aromatic carbocycles. The van der Waals surface area contributed by atoms with Gasteiger partial charge in [0, 0.05) is 25.7 Å². The molecule has 0 aromatic heterocycles. The van der Waals surface area contributed by atoms with E-state index in [9.17, 15) is 9.90 Å². The molecule has 0 aliphatic rings. The number of ketones is 1. The zero-order valence-electron chi connectivity index (χ0n) is 16.7. The molecule has 3 aromatic rings. The molecule has 0 heterocycles. The van der Waals surface area contributed by atoms with E-state index in [1.54, 1.807) is 30.4 Å². The third kappa shape index (κ3) is 5.72. The summed E-state index contributed by atoms with van der Waals surface area (Å²) >= 11 is 0. The van der Waals surface area contributed by atoms with Crippen LogP contribution in [0.1, 0.15) is 16.7 Å². The second-order valence-corrected chi connectivity index (χ2v) is 6.92. The molecule has 148 valence electrons. The van der Waals surface area contributed by atoms with Gasteiger partial charge in [-0.05, 0) is 47.0 Å². The molecule has 4 heteroatoms. The van der Waals surface area contributed by atoms with E-state index in [0.29, 0.717) is 12.2 Å². The van der Waals surface area contributed by atoms with Crippen molar-refractivity contribution >= 4 is 17.5 Å². The van der Waals surface area contributed by atoms with Crippen LogP contribution in [0.3, 0.4) is 0 Å². The lowest BCUT2D eigenvalue weighted by molar-refractivity contribution is -0.113. The Kier molecular flexibility index (Phi) is 6.69. The van der Waals surface area contributed by atoms with Crippen LogP contribution in [0.5, 0.6) is 11.5 Å². The number of carbonyl (C=O) groups is 1. The van der Waals surface area contributed by atoms with Crippen LogP contribution in [-0.4, -0.2) is 25.0 Å². The lowest BCUT2D eigenvalue weighted by atomic mass is 10.1. The fraction of sp³-hybridized carbons (Fsp3) is 0.160. The van der Waals surface area contributed by atoms with Gasteiger partial charge in [-0.3, -0.25) is 4.79 Å². The fourth-order valence-electron chi connectivity index (χ4n) is 3.11. The summed E-state index contributed by atoms with van der Waals surface area (Å²) in [6.07, 6.45) is 3.57. The number of aromatic hydroxyl groups is 1. The number of nitrogens with zero attached hydrogens (tertiary/aromatic N) is 1. The number of phenols is 1. The summed E-state index contributed by atoms with van der Waals surface area (Å²) < 4.78 is 5.03. The molecule has 1 N–H and O–H groups in total. The molecular weight excluding hydrogens is 362 g/mol. The van der Waals surface area contributed by atoms with Crippen LogP contribution in [0.15, 0.2) is 78.9 Å². The third-order valence-corrected chi connectivity index (χ3v) is 4.66. The summed E-state index contributed by atoms with van der Waals surface area (Å²) in [5.74, 6) is 0.462. The number of benzene rings is 3. The van der Waals surface area contributed by atoms with E-state index in [0.717, 1.165) is 23.4 Å². The Morgan fingerprint density at radius 3 is 2.48 bits per heavy atom. The average molecular weight is 387 g/mol. The highest BCUT2D eigenvalue weighted by Gasteiger charge is 2.06. The molecule has 0 radical (unpaired) electrons. The predicted octanol–water partition coefficient (Wildman–Crippen LogP) is 4.86. The van der Waals surface area contributed by atoms with Crippen molar-refractivity contribution < 1.29 is 14.6 Å². The minimum atomic E-state index is 0.00294. The van der Waals surface area contributed by atoms with Crippen molar-refractivity contribution in [3.05, 3.63) is 95.6 Å². The van der Waals surface area contributed by atoms with E-state index in [2.05, 4.69) is 17.0 Å². The maximum atomic E-state index is 12.4. The summed E-state index contributed by atoms with van der Waals surface area (Å²) in [5.41, 5.74) is 4.02. The van der Waals surface area contributed by atoms with Gasteiger partial charge in [0.05, 0.1) is 7.11 Å². The van der Waals surface area contributed by atoms with Crippen molar-refractivity contribution in [1.29, 1.82) is 0 Å². The molecule has 0 unspecified atom stereocenters. The second-order valence-electron chi connectivity index (χ2n) is 6.92. The van der Waals surface area contributed by atoms with Gasteiger partial charge in [-0.2, -0.15) is 0 Å². The van der Waals surface area contributed by atoms with E-state index < -0.39 is 0 Å². The van der Waals surface area contributed by atoms with Crippen LogP contribution in [-0.2, 0) is 17.8 Å². The number of hydrogen-bond acceptors (Lipinski definition) is 4. The molecule has 3 rings (SSSR count). The van der Waals surface area contributed by atoms with Crippen LogP contribution in [0, 0.1) is 0 Å². The van der Waals surface area contributed by atoms with Gasteiger partial charge in [-0.25, -0.2) is 0 Å². The standard InChI is InChI=1S/C25H25NO3/c1-26(18-20-7-4-3-5-8-20)22-10-6-9-21(15-22)16-23(27)13-11-19-12-14-25(29-2)24(28)17-19/h3-15,17,28H,16,18H2,1-2H3/b13-11+. The third-order valence-electron chi connectivity index (χ3n) is 4.66. The monoisotopic (exact) mass is 387 g/mol. The van der Waals surface area contributed by atoms with Gasteiger partial charge in [0.15, 0.2) is 17.3 Å². The van der Waals surface area contributed by atoms with Crippen LogP contribution < -0.4 is 9.64 Å². The number of rotatable bonds is 8. The largest absolute Gasteiger partial charge is 0.504 e. The zero-order valence-corrected chi connectivity index (χ0v) is 16.7. The molecule has 0 spiro atoms. The first-order valence-corrected chi connectivity index (χ1v) is 9.47. The molecule has 0 aliphatic heterocycles.